The van der Waals surface area contributed by atoms with E-state index in [2.05, 4.69) is 63.4 Å². The molecule has 0 fully saturated rings. The number of hydrogen-bond acceptors (Lipinski definition) is 7. The number of benzene rings is 1. The number of fused-ring (bicyclic) bond motifs is 1. The molecule has 0 spiro atoms. The summed E-state index contributed by atoms with van der Waals surface area (Å²) >= 11 is 0. The van der Waals surface area contributed by atoms with Gasteiger partial charge in [0.2, 0.25) is 17.7 Å². The molecule has 4 rings (SSSR count). The highest BCUT2D eigenvalue weighted by atomic mass is 16.5. The largest absolute Gasteiger partial charge is 0.424 e. The van der Waals surface area contributed by atoms with Gasteiger partial charge >= 0.3 is 0 Å². The minimum absolute atomic E-state index is 0.00509. The zero-order chi connectivity index (χ0) is 17.4. The Balaban J connectivity index is 1.64. The van der Waals surface area contributed by atoms with Gasteiger partial charge < -0.3 is 8.94 Å². The zero-order valence-electron chi connectivity index (χ0n) is 14.6. The molecule has 0 bridgehead atoms. The normalized spacial score (nSPS) is 17.8. The standard InChI is InChI=1S/C18H21N5O2/c1-11(2)17-19-16(25-22-17)10-23-9-14-7-5-4-6-13(14)8-15(23)18-21-20-12(3)24-18/h4-7,11,15H,8-10H2,1-3H3/t15-/m1/s1. The maximum atomic E-state index is 5.72. The number of aryl methyl sites for hydroxylation is 1. The van der Waals surface area contributed by atoms with Crippen molar-refractivity contribution in [1.82, 2.24) is 25.2 Å². The fourth-order valence-electron chi connectivity index (χ4n) is 3.17. The Bertz CT molecular complexity index is 870. The van der Waals surface area contributed by atoms with Crippen molar-refractivity contribution in [2.75, 3.05) is 0 Å². The number of nitrogens with zero attached hydrogens (tertiary/aromatic N) is 5. The van der Waals surface area contributed by atoms with E-state index in [1.807, 2.05) is 6.92 Å². The van der Waals surface area contributed by atoms with Crippen LogP contribution in [0.1, 0.15) is 60.4 Å². The molecule has 1 aliphatic heterocycles. The van der Waals surface area contributed by atoms with Gasteiger partial charge in [-0.15, -0.1) is 10.2 Å². The maximum absolute atomic E-state index is 5.72. The summed E-state index contributed by atoms with van der Waals surface area (Å²) in [6.07, 6.45) is 0.822. The molecule has 7 heteroatoms. The molecule has 3 heterocycles. The average Bonchev–Trinajstić information content (AvgIpc) is 3.23. The summed E-state index contributed by atoms with van der Waals surface area (Å²) in [5, 5.41) is 12.3. The molecule has 0 amide bonds. The van der Waals surface area contributed by atoms with Crippen LogP contribution in [0.15, 0.2) is 33.2 Å². The third-order valence-corrected chi connectivity index (χ3v) is 4.51. The molecule has 0 radical (unpaired) electrons. The predicted molar refractivity (Wildman–Crippen MR) is 89.6 cm³/mol. The molecular weight excluding hydrogens is 318 g/mol. The van der Waals surface area contributed by atoms with Gasteiger partial charge in [-0.05, 0) is 17.5 Å². The van der Waals surface area contributed by atoms with Crippen molar-refractivity contribution >= 4 is 0 Å². The molecule has 1 atom stereocenters. The number of aromatic nitrogens is 4. The fraction of sp³-hybridized carbons (Fsp3) is 0.444. The van der Waals surface area contributed by atoms with Gasteiger partial charge in [-0.2, -0.15) is 4.98 Å². The van der Waals surface area contributed by atoms with Crippen LogP contribution in [0.25, 0.3) is 0 Å². The number of rotatable bonds is 4. The first-order valence-electron chi connectivity index (χ1n) is 8.53. The van der Waals surface area contributed by atoms with E-state index < -0.39 is 0 Å². The van der Waals surface area contributed by atoms with Crippen LogP contribution in [0.5, 0.6) is 0 Å². The van der Waals surface area contributed by atoms with Gasteiger partial charge in [-0.25, -0.2) is 0 Å². The van der Waals surface area contributed by atoms with E-state index in [4.69, 9.17) is 8.94 Å². The van der Waals surface area contributed by atoms with E-state index in [1.54, 1.807) is 0 Å². The molecule has 3 aromatic rings. The van der Waals surface area contributed by atoms with E-state index in [0.29, 0.717) is 24.2 Å². The molecule has 2 aromatic heterocycles. The molecule has 130 valence electrons. The molecule has 0 aliphatic carbocycles. The second-order valence-corrected chi connectivity index (χ2v) is 6.75. The quantitative estimate of drug-likeness (QED) is 0.722. The highest BCUT2D eigenvalue weighted by Gasteiger charge is 2.32. The van der Waals surface area contributed by atoms with E-state index in [1.165, 1.54) is 11.1 Å². The van der Waals surface area contributed by atoms with Gasteiger partial charge in [-0.1, -0.05) is 43.3 Å². The zero-order valence-corrected chi connectivity index (χ0v) is 14.6. The van der Waals surface area contributed by atoms with Gasteiger partial charge in [-0.3, -0.25) is 4.90 Å². The molecule has 0 saturated heterocycles. The SMILES string of the molecule is Cc1nnc([C@H]2Cc3ccccc3CN2Cc2nc(C(C)C)no2)o1. The van der Waals surface area contributed by atoms with Crippen molar-refractivity contribution in [2.45, 2.75) is 52.2 Å². The van der Waals surface area contributed by atoms with Gasteiger partial charge in [0.1, 0.15) is 0 Å². The highest BCUT2D eigenvalue weighted by Crippen LogP contribution is 2.33. The number of hydrogen-bond donors (Lipinski definition) is 0. The van der Waals surface area contributed by atoms with E-state index in [-0.39, 0.29) is 12.0 Å². The Hall–Kier alpha value is -2.54. The fourth-order valence-corrected chi connectivity index (χ4v) is 3.17. The van der Waals surface area contributed by atoms with Crippen LogP contribution in [0.3, 0.4) is 0 Å². The molecule has 1 aromatic carbocycles. The second kappa shape index (κ2) is 6.40. The summed E-state index contributed by atoms with van der Waals surface area (Å²) in [6, 6.07) is 8.46. The van der Waals surface area contributed by atoms with Crippen molar-refractivity contribution < 1.29 is 8.94 Å². The summed E-state index contributed by atoms with van der Waals surface area (Å²) in [5.74, 6) is 2.81. The van der Waals surface area contributed by atoms with Crippen LogP contribution < -0.4 is 0 Å². The van der Waals surface area contributed by atoms with Crippen LogP contribution >= 0.6 is 0 Å². The third-order valence-electron chi connectivity index (χ3n) is 4.51. The Kier molecular flexibility index (Phi) is 4.09. The lowest BCUT2D eigenvalue weighted by Gasteiger charge is -2.33. The summed E-state index contributed by atoms with van der Waals surface area (Å²) < 4.78 is 11.2. The molecule has 25 heavy (non-hydrogen) atoms. The van der Waals surface area contributed by atoms with Crippen LogP contribution in [0, 0.1) is 6.92 Å². The van der Waals surface area contributed by atoms with Crippen LogP contribution in [-0.2, 0) is 19.5 Å². The third kappa shape index (κ3) is 3.19. The summed E-state index contributed by atoms with van der Waals surface area (Å²) in [7, 11) is 0. The van der Waals surface area contributed by atoms with Gasteiger partial charge in [0.25, 0.3) is 0 Å². The van der Waals surface area contributed by atoms with Crippen molar-refractivity contribution in [3.8, 4) is 0 Å². The lowest BCUT2D eigenvalue weighted by molar-refractivity contribution is 0.121. The Morgan fingerprint density at radius 3 is 2.68 bits per heavy atom. The van der Waals surface area contributed by atoms with Crippen LogP contribution in [0.2, 0.25) is 0 Å². The molecule has 0 unspecified atom stereocenters. The first-order chi connectivity index (χ1) is 12.1. The minimum atomic E-state index is 0.00509. The van der Waals surface area contributed by atoms with Gasteiger partial charge in [0.15, 0.2) is 5.82 Å². The van der Waals surface area contributed by atoms with Crippen molar-refractivity contribution in [2.24, 2.45) is 0 Å². The predicted octanol–water partition coefficient (Wildman–Crippen LogP) is 3.18. The minimum Gasteiger partial charge on any atom is -0.424 e. The molecule has 1 aliphatic rings. The van der Waals surface area contributed by atoms with Crippen LogP contribution in [-0.4, -0.2) is 25.2 Å². The molecular formula is C18H21N5O2. The van der Waals surface area contributed by atoms with Crippen molar-refractivity contribution in [3.05, 3.63) is 58.9 Å². The van der Waals surface area contributed by atoms with Gasteiger partial charge in [0, 0.05) is 19.4 Å². The second-order valence-electron chi connectivity index (χ2n) is 6.75. The first-order valence-corrected chi connectivity index (χ1v) is 8.53. The lowest BCUT2D eigenvalue weighted by Crippen LogP contribution is -2.34. The maximum Gasteiger partial charge on any atom is 0.240 e. The van der Waals surface area contributed by atoms with E-state index in [0.717, 1.165) is 18.8 Å². The molecule has 0 N–H and O–H groups in total. The van der Waals surface area contributed by atoms with E-state index >= 15 is 0 Å². The Morgan fingerprint density at radius 1 is 1.20 bits per heavy atom. The summed E-state index contributed by atoms with van der Waals surface area (Å²) in [6.45, 7) is 7.25. The van der Waals surface area contributed by atoms with Crippen molar-refractivity contribution in [1.29, 1.82) is 0 Å². The van der Waals surface area contributed by atoms with Gasteiger partial charge in [0.05, 0.1) is 12.6 Å². The summed E-state index contributed by atoms with van der Waals surface area (Å²) in [5.41, 5.74) is 2.62. The molecule has 7 nitrogen and oxygen atoms in total. The summed E-state index contributed by atoms with van der Waals surface area (Å²) in [4.78, 5) is 6.76. The average molecular weight is 339 g/mol. The van der Waals surface area contributed by atoms with Crippen molar-refractivity contribution in [3.63, 3.8) is 0 Å². The van der Waals surface area contributed by atoms with Crippen LogP contribution in [0.4, 0.5) is 0 Å². The highest BCUT2D eigenvalue weighted by molar-refractivity contribution is 5.30. The monoisotopic (exact) mass is 339 g/mol. The first kappa shape index (κ1) is 16.0. The van der Waals surface area contributed by atoms with E-state index in [9.17, 15) is 0 Å². The Labute approximate surface area is 146 Å². The molecule has 0 saturated carbocycles. The smallest absolute Gasteiger partial charge is 0.240 e. The topological polar surface area (TPSA) is 81.1 Å². The lowest BCUT2D eigenvalue weighted by atomic mass is 9.94. The Morgan fingerprint density at radius 2 is 2.00 bits per heavy atom.